The second-order valence-corrected chi connectivity index (χ2v) is 6.65. The van der Waals surface area contributed by atoms with Crippen molar-refractivity contribution in [2.45, 2.75) is 19.8 Å². The molecule has 1 heterocycles. The summed E-state index contributed by atoms with van der Waals surface area (Å²) < 4.78 is 14.5. The van der Waals surface area contributed by atoms with Gasteiger partial charge in [0.2, 0.25) is 5.91 Å². The van der Waals surface area contributed by atoms with Crippen LogP contribution in [-0.4, -0.2) is 55.5 Å². The number of urea groups is 1. The van der Waals surface area contributed by atoms with Crippen molar-refractivity contribution in [2.75, 3.05) is 32.7 Å². The Bertz CT molecular complexity index is 667. The van der Waals surface area contributed by atoms with Gasteiger partial charge in [-0.2, -0.15) is 0 Å². The highest BCUT2D eigenvalue weighted by atomic mass is 79.9. The van der Waals surface area contributed by atoms with E-state index in [1.807, 2.05) is 13.0 Å². The van der Waals surface area contributed by atoms with E-state index in [0.29, 0.717) is 44.0 Å². The Morgan fingerprint density at radius 1 is 1.38 bits per heavy atom. The zero-order chi connectivity index (χ0) is 18.9. The monoisotopic (exact) mass is 427 g/mol. The second kappa shape index (κ2) is 10.1. The molecule has 1 fully saturated rings. The molecule has 0 aromatic heterocycles. The third kappa shape index (κ3) is 5.98. The van der Waals surface area contributed by atoms with Gasteiger partial charge in [-0.25, -0.2) is 9.18 Å². The molecule has 9 heteroatoms. The number of carbonyl (C=O) groups is 2. The smallest absolute Gasteiger partial charge is 0.324 e. The minimum Gasteiger partial charge on any atom is -0.357 e. The molecule has 1 aromatic carbocycles. The first-order valence-electron chi connectivity index (χ1n) is 8.55. The Morgan fingerprint density at radius 2 is 2.19 bits per heavy atom. The molecular weight excluding hydrogens is 405 g/mol. The molecule has 26 heavy (non-hydrogen) atoms. The van der Waals surface area contributed by atoms with Gasteiger partial charge < -0.3 is 16.0 Å². The van der Waals surface area contributed by atoms with Crippen LogP contribution in [0.4, 0.5) is 9.18 Å². The van der Waals surface area contributed by atoms with E-state index < -0.39 is 0 Å². The summed E-state index contributed by atoms with van der Waals surface area (Å²) in [7, 11) is 0. The van der Waals surface area contributed by atoms with Crippen LogP contribution in [0.25, 0.3) is 0 Å². The molecule has 0 aliphatic carbocycles. The van der Waals surface area contributed by atoms with Crippen molar-refractivity contribution in [1.82, 2.24) is 20.9 Å². The maximum atomic E-state index is 13.8. The first-order chi connectivity index (χ1) is 12.5. The molecule has 1 aromatic rings. The highest BCUT2D eigenvalue weighted by molar-refractivity contribution is 9.10. The van der Waals surface area contributed by atoms with Crippen LogP contribution >= 0.6 is 15.9 Å². The lowest BCUT2D eigenvalue weighted by Gasteiger charge is -2.15. The third-order valence-electron chi connectivity index (χ3n) is 3.80. The molecule has 1 saturated heterocycles. The number of aryl methyl sites for hydroxylation is 1. The summed E-state index contributed by atoms with van der Waals surface area (Å²) >= 11 is 3.24. The summed E-state index contributed by atoms with van der Waals surface area (Å²) in [5.41, 5.74) is 0.667. The molecule has 3 amide bonds. The molecule has 0 saturated carbocycles. The maximum Gasteiger partial charge on any atom is 0.324 e. The van der Waals surface area contributed by atoms with Crippen molar-refractivity contribution in [1.29, 1.82) is 0 Å². The summed E-state index contributed by atoms with van der Waals surface area (Å²) in [6, 6.07) is 4.68. The van der Waals surface area contributed by atoms with E-state index in [4.69, 9.17) is 0 Å². The first-order valence-corrected chi connectivity index (χ1v) is 9.35. The summed E-state index contributed by atoms with van der Waals surface area (Å²) in [6.07, 6.45) is 1.31. The predicted octanol–water partition coefficient (Wildman–Crippen LogP) is 1.63. The fourth-order valence-electron chi connectivity index (χ4n) is 2.49. The minimum absolute atomic E-state index is 0.0552. The Hall–Kier alpha value is -2.16. The van der Waals surface area contributed by atoms with Crippen molar-refractivity contribution in [2.24, 2.45) is 4.99 Å². The lowest BCUT2D eigenvalue weighted by Crippen LogP contribution is -2.43. The summed E-state index contributed by atoms with van der Waals surface area (Å²) in [5, 5.41) is 8.67. The highest BCUT2D eigenvalue weighted by Crippen LogP contribution is 2.16. The predicted molar refractivity (Wildman–Crippen MR) is 102 cm³/mol. The molecular formula is C17H23BrFN5O2. The number of carbonyl (C=O) groups excluding carboxylic acids is 2. The molecule has 0 unspecified atom stereocenters. The molecule has 1 aliphatic heterocycles. The van der Waals surface area contributed by atoms with Crippen LogP contribution < -0.4 is 16.0 Å². The number of nitrogens with one attached hydrogen (secondary N) is 3. The Balaban J connectivity index is 1.76. The van der Waals surface area contributed by atoms with Crippen LogP contribution in [0.2, 0.25) is 0 Å². The van der Waals surface area contributed by atoms with Crippen LogP contribution in [0.15, 0.2) is 27.7 Å². The molecule has 7 nitrogen and oxygen atoms in total. The van der Waals surface area contributed by atoms with Gasteiger partial charge in [0, 0.05) is 30.7 Å². The number of nitrogens with zero attached hydrogens (tertiary/aromatic N) is 2. The third-order valence-corrected chi connectivity index (χ3v) is 4.29. The number of benzene rings is 1. The Morgan fingerprint density at radius 3 is 2.85 bits per heavy atom. The lowest BCUT2D eigenvalue weighted by molar-refractivity contribution is -0.124. The first kappa shape index (κ1) is 20.2. The van der Waals surface area contributed by atoms with E-state index in [0.717, 1.165) is 4.47 Å². The second-order valence-electron chi connectivity index (χ2n) is 5.73. The molecule has 1 aliphatic rings. The highest BCUT2D eigenvalue weighted by Gasteiger charge is 2.27. The zero-order valence-corrected chi connectivity index (χ0v) is 16.2. The molecule has 0 atom stereocenters. The van der Waals surface area contributed by atoms with Crippen molar-refractivity contribution in [3.63, 3.8) is 0 Å². The normalized spacial score (nSPS) is 14.6. The number of halogens is 2. The quantitative estimate of drug-likeness (QED) is 0.254. The van der Waals surface area contributed by atoms with Gasteiger partial charge in [-0.05, 0) is 37.5 Å². The van der Waals surface area contributed by atoms with Gasteiger partial charge in [-0.1, -0.05) is 22.0 Å². The number of imide groups is 1. The minimum atomic E-state index is -0.365. The van der Waals surface area contributed by atoms with E-state index >= 15 is 0 Å². The lowest BCUT2D eigenvalue weighted by atomic mass is 10.1. The summed E-state index contributed by atoms with van der Waals surface area (Å²) in [6.45, 7) is 3.92. The van der Waals surface area contributed by atoms with Gasteiger partial charge in [0.05, 0.1) is 6.54 Å². The van der Waals surface area contributed by atoms with E-state index in [9.17, 15) is 14.0 Å². The van der Waals surface area contributed by atoms with Gasteiger partial charge in [-0.15, -0.1) is 0 Å². The van der Waals surface area contributed by atoms with Gasteiger partial charge >= 0.3 is 6.03 Å². The topological polar surface area (TPSA) is 85.8 Å². The molecule has 3 N–H and O–H groups in total. The zero-order valence-electron chi connectivity index (χ0n) is 14.6. The fourth-order valence-corrected chi connectivity index (χ4v) is 2.83. The van der Waals surface area contributed by atoms with Crippen molar-refractivity contribution < 1.29 is 14.0 Å². The van der Waals surface area contributed by atoms with Crippen LogP contribution in [0.5, 0.6) is 0 Å². The number of amides is 3. The maximum absolute atomic E-state index is 13.8. The average Bonchev–Trinajstić information content (AvgIpc) is 2.92. The van der Waals surface area contributed by atoms with Crippen LogP contribution in [0.3, 0.4) is 0 Å². The number of guanidine groups is 1. The number of aliphatic imine (C=N–C) groups is 1. The number of hydrogen-bond donors (Lipinski definition) is 3. The molecule has 0 spiro atoms. The summed E-state index contributed by atoms with van der Waals surface area (Å²) in [5.74, 6) is 0.160. The van der Waals surface area contributed by atoms with Crippen molar-refractivity contribution in [3.8, 4) is 0 Å². The van der Waals surface area contributed by atoms with Crippen molar-refractivity contribution in [3.05, 3.63) is 34.1 Å². The van der Waals surface area contributed by atoms with Gasteiger partial charge in [0.1, 0.15) is 5.82 Å². The standard InChI is InChI=1S/C17H23BrFN5O2/c1-2-20-16(22-8-9-24-15(25)11-23-17(24)26)21-7-3-4-12-5-6-13(18)10-14(12)19/h5-6,10H,2-4,7-9,11H2,1H3,(H,23,26)(H2,20,21,22). The molecule has 0 radical (unpaired) electrons. The fraction of sp³-hybridized carbons (Fsp3) is 0.471. The van der Waals surface area contributed by atoms with Gasteiger partial charge in [0.15, 0.2) is 5.96 Å². The van der Waals surface area contributed by atoms with Crippen LogP contribution in [0, 0.1) is 5.82 Å². The van der Waals surface area contributed by atoms with E-state index in [2.05, 4.69) is 36.9 Å². The van der Waals surface area contributed by atoms with Crippen LogP contribution in [-0.2, 0) is 11.2 Å². The average molecular weight is 428 g/mol. The van der Waals surface area contributed by atoms with E-state index in [1.165, 1.54) is 11.0 Å². The molecule has 142 valence electrons. The van der Waals surface area contributed by atoms with Gasteiger partial charge in [-0.3, -0.25) is 14.7 Å². The SMILES string of the molecule is CCNC(=NCCCc1ccc(Br)cc1F)NCCN1C(=O)CNC1=O. The van der Waals surface area contributed by atoms with Crippen molar-refractivity contribution >= 4 is 33.8 Å². The molecule has 0 bridgehead atoms. The van der Waals surface area contributed by atoms with E-state index in [-0.39, 0.29) is 30.8 Å². The largest absolute Gasteiger partial charge is 0.357 e. The summed E-state index contributed by atoms with van der Waals surface area (Å²) in [4.78, 5) is 28.6. The van der Waals surface area contributed by atoms with E-state index in [1.54, 1.807) is 6.07 Å². The molecule has 2 rings (SSSR count). The number of hydrogen-bond acceptors (Lipinski definition) is 3. The Labute approximate surface area is 160 Å². The Kier molecular flexibility index (Phi) is 7.83. The number of rotatable bonds is 8. The van der Waals surface area contributed by atoms with Crippen LogP contribution in [0.1, 0.15) is 18.9 Å². The van der Waals surface area contributed by atoms with Gasteiger partial charge in [0.25, 0.3) is 0 Å².